The number of aliphatic hydroxyl groups is 4. The molecular weight excluding hydrogens is 498 g/mol. The summed E-state index contributed by atoms with van der Waals surface area (Å²) in [6, 6.07) is 5.76. The summed E-state index contributed by atoms with van der Waals surface area (Å²) in [5.74, 6) is -1.38. The largest absolute Gasteiger partial charge is 0.506 e. The third-order valence-corrected chi connectivity index (χ3v) is 7.84. The molecule has 2 aromatic rings. The molecular formula is C27H31NO10. The van der Waals surface area contributed by atoms with E-state index in [9.17, 15) is 35.1 Å². The maximum Gasteiger partial charge on any atom is 0.196 e. The molecule has 0 bridgehead atoms. The Labute approximate surface area is 218 Å². The van der Waals surface area contributed by atoms with Gasteiger partial charge in [-0.25, -0.2) is 0 Å². The summed E-state index contributed by atoms with van der Waals surface area (Å²) in [4.78, 5) is 27.7. The molecule has 1 saturated heterocycles. The van der Waals surface area contributed by atoms with E-state index in [1.54, 1.807) is 25.1 Å². The highest BCUT2D eigenvalue weighted by Gasteiger charge is 2.51. The minimum atomic E-state index is -1.99. The second-order valence-electron chi connectivity index (χ2n) is 10.2. The van der Waals surface area contributed by atoms with Crippen molar-refractivity contribution in [3.63, 3.8) is 0 Å². The summed E-state index contributed by atoms with van der Waals surface area (Å²) in [5.41, 5.74) is 3.61. The van der Waals surface area contributed by atoms with Crippen LogP contribution in [0.5, 0.6) is 11.5 Å². The van der Waals surface area contributed by atoms with Crippen LogP contribution in [0.15, 0.2) is 35.4 Å². The van der Waals surface area contributed by atoms with Gasteiger partial charge in [0.05, 0.1) is 48.6 Å². The zero-order valence-electron chi connectivity index (χ0n) is 21.0. The third-order valence-electron chi connectivity index (χ3n) is 7.84. The van der Waals surface area contributed by atoms with E-state index in [-0.39, 0.29) is 40.5 Å². The highest BCUT2D eigenvalue weighted by Crippen LogP contribution is 2.47. The topological polar surface area (TPSA) is 189 Å². The SMILES string of the molecule is COc1cccc2cc3c(c(O)c12)C(=O)C1=C(C[C@@](O)(C(O)CO)C[C@@H]1O[C@H]1C[C@H](N)[C@H](O)[C@H](C)O1)C3=O. The van der Waals surface area contributed by atoms with Crippen LogP contribution in [-0.2, 0) is 9.47 Å². The van der Waals surface area contributed by atoms with Crippen molar-refractivity contribution < 1.29 is 49.3 Å². The van der Waals surface area contributed by atoms with Gasteiger partial charge < -0.3 is 45.5 Å². The van der Waals surface area contributed by atoms with E-state index in [2.05, 4.69) is 0 Å². The first-order valence-electron chi connectivity index (χ1n) is 12.4. The second-order valence-corrected chi connectivity index (χ2v) is 10.2. The molecule has 0 spiro atoms. The van der Waals surface area contributed by atoms with Crippen molar-refractivity contribution in [2.45, 2.75) is 68.5 Å². The van der Waals surface area contributed by atoms with Crippen LogP contribution < -0.4 is 10.5 Å². The van der Waals surface area contributed by atoms with Gasteiger partial charge in [0.15, 0.2) is 17.9 Å². The lowest BCUT2D eigenvalue weighted by molar-refractivity contribution is -0.242. The number of ether oxygens (including phenoxy) is 3. The van der Waals surface area contributed by atoms with E-state index in [0.29, 0.717) is 11.1 Å². The van der Waals surface area contributed by atoms with E-state index >= 15 is 0 Å². The molecule has 0 aromatic heterocycles. The van der Waals surface area contributed by atoms with Crippen molar-refractivity contribution >= 4 is 22.3 Å². The molecule has 3 aliphatic rings. The number of Topliss-reactive ketones (excluding diaryl/α,β-unsaturated/α-hetero) is 2. The number of ketones is 2. The molecule has 2 aromatic carbocycles. The van der Waals surface area contributed by atoms with Crippen molar-refractivity contribution in [2.75, 3.05) is 13.7 Å². The zero-order valence-corrected chi connectivity index (χ0v) is 21.0. The average Bonchev–Trinajstić information content (AvgIpc) is 2.88. The van der Waals surface area contributed by atoms with E-state index in [0.717, 1.165) is 0 Å². The van der Waals surface area contributed by atoms with Gasteiger partial charge in [0, 0.05) is 42.0 Å². The van der Waals surface area contributed by atoms with Gasteiger partial charge in [-0.05, 0) is 24.4 Å². The summed E-state index contributed by atoms with van der Waals surface area (Å²) in [7, 11) is 1.42. The molecule has 11 heteroatoms. The molecule has 204 valence electrons. The molecule has 7 N–H and O–H groups in total. The van der Waals surface area contributed by atoms with Crippen LogP contribution in [0, 0.1) is 0 Å². The summed E-state index contributed by atoms with van der Waals surface area (Å²) in [6.45, 7) is 0.823. The van der Waals surface area contributed by atoms with Gasteiger partial charge >= 0.3 is 0 Å². The number of benzene rings is 2. The minimum absolute atomic E-state index is 0.0545. The molecule has 2 aliphatic carbocycles. The number of rotatable bonds is 5. The van der Waals surface area contributed by atoms with Gasteiger partial charge in [0.2, 0.25) is 0 Å². The number of aromatic hydroxyl groups is 1. The lowest BCUT2D eigenvalue weighted by Gasteiger charge is -2.44. The van der Waals surface area contributed by atoms with Crippen molar-refractivity contribution in [3.05, 3.63) is 46.5 Å². The molecule has 5 rings (SSSR count). The molecule has 0 radical (unpaired) electrons. The maximum atomic E-state index is 14.0. The molecule has 11 nitrogen and oxygen atoms in total. The maximum absolute atomic E-state index is 14.0. The second kappa shape index (κ2) is 9.69. The van der Waals surface area contributed by atoms with Gasteiger partial charge in [-0.1, -0.05) is 12.1 Å². The standard InChI is InChI=1S/C27H31NO10/c1-11-23(31)15(28)7-19(37-11)38-17-9-27(35,18(30)10-29)8-14-21(17)26(34)22-13(24(14)32)6-12-4-3-5-16(36-2)20(12)25(22)33/h3-6,11,15,17-19,23,29-31,33,35H,7-10,28H2,1-2H3/t11-,15-,17-,18?,19-,23+,27-/m0/s1. The number of phenolic OH excluding ortho intramolecular Hbond substituents is 1. The first kappa shape index (κ1) is 26.7. The molecule has 0 saturated carbocycles. The molecule has 38 heavy (non-hydrogen) atoms. The number of hydrogen-bond donors (Lipinski definition) is 6. The number of aliphatic hydroxyl groups excluding tert-OH is 3. The van der Waals surface area contributed by atoms with Crippen LogP contribution in [0.4, 0.5) is 0 Å². The number of methoxy groups -OCH3 is 1. The highest BCUT2D eigenvalue weighted by molar-refractivity contribution is 6.30. The van der Waals surface area contributed by atoms with Crippen LogP contribution in [0.2, 0.25) is 0 Å². The molecule has 1 unspecified atom stereocenters. The number of fused-ring (bicyclic) bond motifs is 2. The average molecular weight is 530 g/mol. The normalized spacial score (nSPS) is 32.2. The smallest absolute Gasteiger partial charge is 0.196 e. The van der Waals surface area contributed by atoms with Crippen LogP contribution in [0.1, 0.15) is 46.9 Å². The van der Waals surface area contributed by atoms with Gasteiger partial charge in [0.25, 0.3) is 0 Å². The van der Waals surface area contributed by atoms with Crippen LogP contribution in [0.25, 0.3) is 10.8 Å². The lowest BCUT2D eigenvalue weighted by Crippen LogP contribution is -2.55. The summed E-state index contributed by atoms with van der Waals surface area (Å²) in [6.07, 6.45) is -6.18. The van der Waals surface area contributed by atoms with E-state index in [1.807, 2.05) is 0 Å². The van der Waals surface area contributed by atoms with Crippen molar-refractivity contribution in [1.29, 1.82) is 0 Å². The minimum Gasteiger partial charge on any atom is -0.506 e. The predicted molar refractivity (Wildman–Crippen MR) is 133 cm³/mol. The fourth-order valence-corrected chi connectivity index (χ4v) is 5.75. The Hall–Kier alpha value is -2.90. The molecule has 1 heterocycles. The van der Waals surface area contributed by atoms with E-state index in [1.165, 1.54) is 13.2 Å². The summed E-state index contributed by atoms with van der Waals surface area (Å²) < 4.78 is 17.2. The number of carbonyl (C=O) groups is 2. The van der Waals surface area contributed by atoms with Gasteiger partial charge in [-0.3, -0.25) is 9.59 Å². The van der Waals surface area contributed by atoms with Crippen LogP contribution in [-0.4, -0.2) is 93.2 Å². The van der Waals surface area contributed by atoms with Crippen molar-refractivity contribution in [1.82, 2.24) is 0 Å². The summed E-state index contributed by atoms with van der Waals surface area (Å²) in [5, 5.41) is 53.5. The Kier molecular flexibility index (Phi) is 6.81. The number of phenols is 1. The Morgan fingerprint density at radius 1 is 1.26 bits per heavy atom. The fourth-order valence-electron chi connectivity index (χ4n) is 5.75. The van der Waals surface area contributed by atoms with E-state index in [4.69, 9.17) is 19.9 Å². The third kappa shape index (κ3) is 4.11. The van der Waals surface area contributed by atoms with Crippen molar-refractivity contribution in [3.8, 4) is 11.5 Å². The lowest BCUT2D eigenvalue weighted by atomic mass is 9.68. The predicted octanol–water partition coefficient (Wildman–Crippen LogP) is 0.316. The molecule has 1 fully saturated rings. The fraction of sp³-hybridized carbons (Fsp3) is 0.481. The quantitative estimate of drug-likeness (QED) is 0.313. The molecule has 1 aliphatic heterocycles. The van der Waals surface area contributed by atoms with Crippen LogP contribution in [0.3, 0.4) is 0 Å². The van der Waals surface area contributed by atoms with Gasteiger partial charge in [0.1, 0.15) is 17.6 Å². The van der Waals surface area contributed by atoms with Crippen molar-refractivity contribution in [2.24, 2.45) is 5.73 Å². The molecule has 7 atom stereocenters. The Morgan fingerprint density at radius 3 is 2.66 bits per heavy atom. The number of hydrogen-bond acceptors (Lipinski definition) is 11. The first-order valence-corrected chi connectivity index (χ1v) is 12.4. The molecule has 0 amide bonds. The van der Waals surface area contributed by atoms with Crippen LogP contribution >= 0.6 is 0 Å². The number of nitrogens with two attached hydrogens (primary N) is 1. The van der Waals surface area contributed by atoms with Gasteiger partial charge in [-0.15, -0.1) is 0 Å². The highest BCUT2D eigenvalue weighted by atomic mass is 16.7. The number of carbonyl (C=O) groups excluding carboxylic acids is 2. The Bertz CT molecular complexity index is 1330. The van der Waals surface area contributed by atoms with Gasteiger partial charge in [-0.2, -0.15) is 0 Å². The van der Waals surface area contributed by atoms with E-state index < -0.39 is 72.7 Å². The zero-order chi connectivity index (χ0) is 27.5. The summed E-state index contributed by atoms with van der Waals surface area (Å²) >= 11 is 0. The Morgan fingerprint density at radius 2 is 2.00 bits per heavy atom. The Balaban J connectivity index is 1.63. The first-order chi connectivity index (χ1) is 18.0. The monoisotopic (exact) mass is 529 g/mol.